The van der Waals surface area contributed by atoms with Crippen LogP contribution in [0.15, 0.2) is 10.6 Å². The molecule has 1 aromatic heterocycles. The van der Waals surface area contributed by atoms with E-state index in [1.165, 1.54) is 25.7 Å². The standard InChI is InChI=1S/C17H27N3O3/c1-12(2)20(17(22)9-8-14-6-4-5-7-14)11-16(21)18-15-10-13(3)23-19-15/h10,12,14H,4-9,11H2,1-3H3,(H,18,19,21). The van der Waals surface area contributed by atoms with Crippen molar-refractivity contribution >= 4 is 17.6 Å². The number of aromatic nitrogens is 1. The van der Waals surface area contributed by atoms with Crippen molar-refractivity contribution in [1.82, 2.24) is 10.1 Å². The maximum Gasteiger partial charge on any atom is 0.245 e. The molecule has 2 rings (SSSR count). The second kappa shape index (κ2) is 8.13. The summed E-state index contributed by atoms with van der Waals surface area (Å²) in [5.41, 5.74) is 0. The van der Waals surface area contributed by atoms with Gasteiger partial charge in [0.05, 0.1) is 0 Å². The van der Waals surface area contributed by atoms with Crippen LogP contribution in [0, 0.1) is 12.8 Å². The number of amides is 2. The lowest BCUT2D eigenvalue weighted by Crippen LogP contribution is -2.42. The zero-order chi connectivity index (χ0) is 16.8. The molecule has 1 N–H and O–H groups in total. The lowest BCUT2D eigenvalue weighted by Gasteiger charge is -2.26. The van der Waals surface area contributed by atoms with Crippen LogP contribution in [0.3, 0.4) is 0 Å². The van der Waals surface area contributed by atoms with Crippen molar-refractivity contribution in [3.63, 3.8) is 0 Å². The van der Waals surface area contributed by atoms with E-state index in [9.17, 15) is 9.59 Å². The molecular weight excluding hydrogens is 294 g/mol. The van der Waals surface area contributed by atoms with Crippen molar-refractivity contribution in [2.24, 2.45) is 5.92 Å². The highest BCUT2D eigenvalue weighted by Crippen LogP contribution is 2.28. The van der Waals surface area contributed by atoms with E-state index in [2.05, 4.69) is 10.5 Å². The van der Waals surface area contributed by atoms with E-state index in [1.807, 2.05) is 13.8 Å². The Morgan fingerprint density at radius 2 is 2.09 bits per heavy atom. The number of carbonyl (C=O) groups excluding carboxylic acids is 2. The minimum Gasteiger partial charge on any atom is -0.360 e. The molecule has 0 saturated heterocycles. The van der Waals surface area contributed by atoms with Gasteiger partial charge in [-0.1, -0.05) is 30.8 Å². The third-order valence-electron chi connectivity index (χ3n) is 4.39. The van der Waals surface area contributed by atoms with Crippen molar-refractivity contribution in [2.75, 3.05) is 11.9 Å². The highest BCUT2D eigenvalue weighted by Gasteiger charge is 2.23. The third kappa shape index (κ3) is 5.37. The molecule has 0 aliphatic heterocycles. The Balaban J connectivity index is 1.84. The fourth-order valence-corrected chi connectivity index (χ4v) is 3.09. The maximum absolute atomic E-state index is 12.4. The number of rotatable bonds is 7. The molecule has 6 nitrogen and oxygen atoms in total. The van der Waals surface area contributed by atoms with Gasteiger partial charge in [0.15, 0.2) is 5.82 Å². The Morgan fingerprint density at radius 3 is 2.65 bits per heavy atom. The van der Waals surface area contributed by atoms with Gasteiger partial charge in [0.1, 0.15) is 12.3 Å². The summed E-state index contributed by atoms with van der Waals surface area (Å²) >= 11 is 0. The van der Waals surface area contributed by atoms with Crippen LogP contribution in [0.4, 0.5) is 5.82 Å². The molecule has 0 atom stereocenters. The zero-order valence-electron chi connectivity index (χ0n) is 14.3. The molecule has 0 spiro atoms. The third-order valence-corrected chi connectivity index (χ3v) is 4.39. The topological polar surface area (TPSA) is 75.4 Å². The molecular formula is C17H27N3O3. The van der Waals surface area contributed by atoms with Crippen LogP contribution in [-0.4, -0.2) is 34.5 Å². The summed E-state index contributed by atoms with van der Waals surface area (Å²) in [6.07, 6.45) is 6.51. The predicted molar refractivity (Wildman–Crippen MR) is 87.9 cm³/mol. The zero-order valence-corrected chi connectivity index (χ0v) is 14.3. The van der Waals surface area contributed by atoms with Crippen LogP contribution in [0.25, 0.3) is 0 Å². The molecule has 128 valence electrons. The van der Waals surface area contributed by atoms with Crippen LogP contribution >= 0.6 is 0 Å². The molecule has 1 aromatic rings. The van der Waals surface area contributed by atoms with Gasteiger partial charge in [0.25, 0.3) is 0 Å². The number of nitrogens with one attached hydrogen (secondary N) is 1. The van der Waals surface area contributed by atoms with E-state index in [4.69, 9.17) is 4.52 Å². The van der Waals surface area contributed by atoms with Gasteiger partial charge in [-0.05, 0) is 33.1 Å². The first-order valence-corrected chi connectivity index (χ1v) is 8.48. The Bertz CT molecular complexity index is 533. The molecule has 1 saturated carbocycles. The fourth-order valence-electron chi connectivity index (χ4n) is 3.09. The van der Waals surface area contributed by atoms with Gasteiger partial charge in [0.2, 0.25) is 11.8 Å². The molecule has 0 aromatic carbocycles. The van der Waals surface area contributed by atoms with Gasteiger partial charge in [-0.25, -0.2) is 0 Å². The molecule has 1 fully saturated rings. The molecule has 1 aliphatic carbocycles. The number of hydrogen-bond acceptors (Lipinski definition) is 4. The van der Waals surface area contributed by atoms with Crippen LogP contribution in [0.1, 0.15) is 58.1 Å². The Hall–Kier alpha value is -1.85. The van der Waals surface area contributed by atoms with Crippen LogP contribution < -0.4 is 5.32 Å². The van der Waals surface area contributed by atoms with Gasteiger partial charge >= 0.3 is 0 Å². The average Bonchev–Trinajstić information content (AvgIpc) is 3.13. The average molecular weight is 321 g/mol. The van der Waals surface area contributed by atoms with Crippen molar-refractivity contribution in [3.05, 3.63) is 11.8 Å². The summed E-state index contributed by atoms with van der Waals surface area (Å²) in [6, 6.07) is 1.65. The summed E-state index contributed by atoms with van der Waals surface area (Å²) in [5, 5.41) is 6.39. The summed E-state index contributed by atoms with van der Waals surface area (Å²) in [5.74, 6) is 1.50. The van der Waals surface area contributed by atoms with Gasteiger partial charge in [-0.2, -0.15) is 0 Å². The Morgan fingerprint density at radius 1 is 1.39 bits per heavy atom. The molecule has 1 aliphatic rings. The number of hydrogen-bond donors (Lipinski definition) is 1. The first kappa shape index (κ1) is 17.5. The molecule has 23 heavy (non-hydrogen) atoms. The molecule has 2 amide bonds. The molecule has 0 radical (unpaired) electrons. The van der Waals surface area contributed by atoms with Crippen LogP contribution in [-0.2, 0) is 9.59 Å². The molecule has 6 heteroatoms. The Kier molecular flexibility index (Phi) is 6.19. The minimum atomic E-state index is -0.249. The summed E-state index contributed by atoms with van der Waals surface area (Å²) in [4.78, 5) is 26.2. The van der Waals surface area contributed by atoms with Gasteiger partial charge in [-0.3, -0.25) is 9.59 Å². The largest absolute Gasteiger partial charge is 0.360 e. The van der Waals surface area contributed by atoms with Gasteiger partial charge in [-0.15, -0.1) is 0 Å². The van der Waals surface area contributed by atoms with Crippen LogP contribution in [0.2, 0.25) is 0 Å². The summed E-state index contributed by atoms with van der Waals surface area (Å²) in [7, 11) is 0. The summed E-state index contributed by atoms with van der Waals surface area (Å²) in [6.45, 7) is 5.67. The Labute approximate surface area is 137 Å². The van der Waals surface area contributed by atoms with E-state index in [-0.39, 0.29) is 24.4 Å². The monoisotopic (exact) mass is 321 g/mol. The first-order valence-electron chi connectivity index (χ1n) is 8.48. The first-order chi connectivity index (χ1) is 11.0. The number of anilines is 1. The molecule has 1 heterocycles. The second-order valence-corrected chi connectivity index (χ2v) is 6.68. The van der Waals surface area contributed by atoms with Crippen molar-refractivity contribution in [3.8, 4) is 0 Å². The molecule has 0 bridgehead atoms. The highest BCUT2D eigenvalue weighted by molar-refractivity contribution is 5.93. The lowest BCUT2D eigenvalue weighted by atomic mass is 10.0. The van der Waals surface area contributed by atoms with Gasteiger partial charge in [0, 0.05) is 18.5 Å². The fraction of sp³-hybridized carbons (Fsp3) is 0.706. The number of carbonyl (C=O) groups is 2. The predicted octanol–water partition coefficient (Wildman–Crippen LogP) is 3.13. The van der Waals surface area contributed by atoms with E-state index in [0.29, 0.717) is 23.9 Å². The second-order valence-electron chi connectivity index (χ2n) is 6.68. The van der Waals surface area contributed by atoms with Crippen molar-refractivity contribution in [1.29, 1.82) is 0 Å². The number of aryl methyl sites for hydroxylation is 1. The summed E-state index contributed by atoms with van der Waals surface area (Å²) < 4.78 is 4.92. The highest BCUT2D eigenvalue weighted by atomic mass is 16.5. The number of nitrogens with zero attached hydrogens (tertiary/aromatic N) is 2. The van der Waals surface area contributed by atoms with Gasteiger partial charge < -0.3 is 14.7 Å². The van der Waals surface area contributed by atoms with Crippen molar-refractivity contribution < 1.29 is 14.1 Å². The minimum absolute atomic E-state index is 0.00382. The van der Waals surface area contributed by atoms with Crippen molar-refractivity contribution in [2.45, 2.75) is 65.3 Å². The van der Waals surface area contributed by atoms with Crippen LogP contribution in [0.5, 0.6) is 0 Å². The molecule has 0 unspecified atom stereocenters. The SMILES string of the molecule is Cc1cc(NC(=O)CN(C(=O)CCC2CCCC2)C(C)C)no1. The van der Waals surface area contributed by atoms with E-state index in [0.717, 1.165) is 6.42 Å². The van der Waals surface area contributed by atoms with E-state index >= 15 is 0 Å². The maximum atomic E-state index is 12.4. The smallest absolute Gasteiger partial charge is 0.245 e. The quantitative estimate of drug-likeness (QED) is 0.837. The van der Waals surface area contributed by atoms with E-state index in [1.54, 1.807) is 17.9 Å². The van der Waals surface area contributed by atoms with E-state index < -0.39 is 0 Å². The normalized spacial score (nSPS) is 15.1. The lowest BCUT2D eigenvalue weighted by molar-refractivity contribution is -0.136.